The van der Waals surface area contributed by atoms with Crippen LogP contribution in [0.1, 0.15) is 11.1 Å². The molecular weight excluding hydrogens is 432 g/mol. The first-order valence-corrected chi connectivity index (χ1v) is 10.9. The van der Waals surface area contributed by atoms with Gasteiger partial charge >= 0.3 is 5.97 Å². The highest BCUT2D eigenvalue weighted by Gasteiger charge is 2.17. The quantitative estimate of drug-likeness (QED) is 0.360. The number of nitrogens with zero attached hydrogens (tertiary/aromatic N) is 4. The van der Waals surface area contributed by atoms with Crippen molar-refractivity contribution in [3.05, 3.63) is 106 Å². The van der Waals surface area contributed by atoms with Crippen LogP contribution in [0.4, 0.5) is 0 Å². The molecule has 0 N–H and O–H groups in total. The molecule has 0 saturated carbocycles. The molecular formula is C26H24N4O4. The average Bonchev–Trinajstić information content (AvgIpc) is 2.88. The van der Waals surface area contributed by atoms with E-state index in [0.29, 0.717) is 30.4 Å². The van der Waals surface area contributed by atoms with Gasteiger partial charge in [0.1, 0.15) is 12.1 Å². The first-order chi connectivity index (χ1) is 16.6. The number of rotatable bonds is 9. The summed E-state index contributed by atoms with van der Waals surface area (Å²) >= 11 is 0. The van der Waals surface area contributed by atoms with Gasteiger partial charge in [-0.05, 0) is 29.7 Å². The Morgan fingerprint density at radius 1 is 0.853 bits per heavy atom. The molecule has 8 heteroatoms. The molecule has 8 nitrogen and oxygen atoms in total. The Balaban J connectivity index is 1.38. The number of carbonyl (C=O) groups is 2. The zero-order valence-corrected chi connectivity index (χ0v) is 18.5. The van der Waals surface area contributed by atoms with Gasteiger partial charge in [0.25, 0.3) is 11.5 Å². The second kappa shape index (κ2) is 11.0. The molecule has 1 aromatic heterocycles. The Morgan fingerprint density at radius 2 is 1.50 bits per heavy atom. The summed E-state index contributed by atoms with van der Waals surface area (Å²) in [6.45, 7) is 0.0351. The average molecular weight is 457 g/mol. The van der Waals surface area contributed by atoms with E-state index in [1.807, 2.05) is 60.7 Å². The van der Waals surface area contributed by atoms with Gasteiger partial charge in [-0.25, -0.2) is 0 Å². The van der Waals surface area contributed by atoms with E-state index in [1.165, 1.54) is 0 Å². The number of carbonyl (C=O) groups excluding carboxylic acids is 2. The van der Waals surface area contributed by atoms with E-state index in [-0.39, 0.29) is 5.91 Å². The summed E-state index contributed by atoms with van der Waals surface area (Å²) in [6, 6.07) is 26.3. The smallest absolute Gasteiger partial charge is 0.328 e. The lowest BCUT2D eigenvalue weighted by Crippen LogP contribution is -2.36. The van der Waals surface area contributed by atoms with E-state index in [2.05, 4.69) is 10.3 Å². The fourth-order valence-corrected chi connectivity index (χ4v) is 3.53. The molecule has 4 aromatic rings. The molecule has 0 spiro atoms. The van der Waals surface area contributed by atoms with Crippen molar-refractivity contribution < 1.29 is 14.3 Å². The van der Waals surface area contributed by atoms with Gasteiger partial charge < -0.3 is 9.64 Å². The number of ether oxygens (including phenoxy) is 1. The maximum absolute atomic E-state index is 12.9. The second-order valence-corrected chi connectivity index (χ2v) is 7.77. The van der Waals surface area contributed by atoms with Gasteiger partial charge in [-0.15, -0.1) is 5.10 Å². The first kappa shape index (κ1) is 22.8. The molecule has 1 amide bonds. The minimum Gasteiger partial charge on any atom is -0.454 e. The Labute approximate surface area is 196 Å². The zero-order chi connectivity index (χ0) is 23.8. The molecule has 0 aliphatic heterocycles. The van der Waals surface area contributed by atoms with Crippen LogP contribution in [0.25, 0.3) is 10.9 Å². The predicted molar refractivity (Wildman–Crippen MR) is 127 cm³/mol. The van der Waals surface area contributed by atoms with Crippen LogP contribution in [0.2, 0.25) is 0 Å². The molecule has 0 unspecified atom stereocenters. The third-order valence-electron chi connectivity index (χ3n) is 5.35. The fraction of sp³-hybridized carbons (Fsp3) is 0.192. The van der Waals surface area contributed by atoms with Crippen LogP contribution in [0.5, 0.6) is 0 Å². The molecule has 0 aliphatic carbocycles. The highest BCUT2D eigenvalue weighted by atomic mass is 16.5. The van der Waals surface area contributed by atoms with Crippen LogP contribution in [0, 0.1) is 0 Å². The van der Waals surface area contributed by atoms with Crippen LogP contribution in [0.3, 0.4) is 0 Å². The summed E-state index contributed by atoms with van der Waals surface area (Å²) < 4.78 is 6.12. The van der Waals surface area contributed by atoms with E-state index in [4.69, 9.17) is 4.74 Å². The third-order valence-corrected chi connectivity index (χ3v) is 5.35. The minimum absolute atomic E-state index is 0.315. The standard InChI is InChI=1S/C26H24N4O4/c31-24(19-34-25(32)18-30-26(33)22-13-7-8-14-23(22)27-28-30)29(17-21-11-5-2-6-12-21)16-15-20-9-3-1-4-10-20/h1-14H,15-19H2. The second-order valence-electron chi connectivity index (χ2n) is 7.77. The number of hydrogen-bond acceptors (Lipinski definition) is 6. The summed E-state index contributed by atoms with van der Waals surface area (Å²) in [5.74, 6) is -1.05. The lowest BCUT2D eigenvalue weighted by Gasteiger charge is -2.23. The number of esters is 1. The molecule has 34 heavy (non-hydrogen) atoms. The predicted octanol–water partition coefficient (Wildman–Crippen LogP) is 2.61. The van der Waals surface area contributed by atoms with Crippen molar-refractivity contribution in [2.24, 2.45) is 0 Å². The largest absolute Gasteiger partial charge is 0.454 e. The highest BCUT2D eigenvalue weighted by Crippen LogP contribution is 2.08. The van der Waals surface area contributed by atoms with E-state index in [0.717, 1.165) is 15.8 Å². The Morgan fingerprint density at radius 3 is 2.24 bits per heavy atom. The third kappa shape index (κ3) is 5.92. The number of aromatic nitrogens is 3. The molecule has 0 bridgehead atoms. The van der Waals surface area contributed by atoms with Crippen molar-refractivity contribution in [3.8, 4) is 0 Å². The summed E-state index contributed by atoms with van der Waals surface area (Å²) in [5, 5.41) is 8.09. The SMILES string of the molecule is O=C(Cn1nnc2ccccc2c1=O)OCC(=O)N(CCc1ccccc1)Cc1ccccc1. The minimum atomic E-state index is -0.734. The fourth-order valence-electron chi connectivity index (χ4n) is 3.53. The van der Waals surface area contributed by atoms with Crippen LogP contribution >= 0.6 is 0 Å². The Hall–Kier alpha value is -4.33. The maximum atomic E-state index is 12.9. The van der Waals surface area contributed by atoms with Gasteiger partial charge in [0.05, 0.1) is 5.39 Å². The summed E-state index contributed by atoms with van der Waals surface area (Å²) in [4.78, 5) is 39.4. The molecule has 1 heterocycles. The van der Waals surface area contributed by atoms with Crippen LogP contribution < -0.4 is 5.56 Å². The molecule has 0 atom stereocenters. The Bertz CT molecular complexity index is 1320. The van der Waals surface area contributed by atoms with Crippen LogP contribution in [-0.2, 0) is 33.8 Å². The van der Waals surface area contributed by atoms with Gasteiger partial charge in [-0.2, -0.15) is 4.68 Å². The van der Waals surface area contributed by atoms with Gasteiger partial charge in [-0.3, -0.25) is 14.4 Å². The molecule has 0 aliphatic rings. The van der Waals surface area contributed by atoms with Crippen LogP contribution in [0.15, 0.2) is 89.7 Å². The van der Waals surface area contributed by atoms with Crippen molar-refractivity contribution in [2.75, 3.05) is 13.2 Å². The normalized spacial score (nSPS) is 10.7. The zero-order valence-electron chi connectivity index (χ0n) is 18.5. The summed E-state index contributed by atoms with van der Waals surface area (Å²) in [5.41, 5.74) is 2.09. The summed E-state index contributed by atoms with van der Waals surface area (Å²) in [7, 11) is 0. The molecule has 0 fully saturated rings. The lowest BCUT2D eigenvalue weighted by atomic mass is 10.1. The van der Waals surface area contributed by atoms with Crippen molar-refractivity contribution in [1.82, 2.24) is 19.9 Å². The number of hydrogen-bond donors (Lipinski definition) is 0. The summed E-state index contributed by atoms with van der Waals surface area (Å²) in [6.07, 6.45) is 0.676. The van der Waals surface area contributed by atoms with E-state index < -0.39 is 24.7 Å². The maximum Gasteiger partial charge on any atom is 0.328 e. The number of benzene rings is 3. The van der Waals surface area contributed by atoms with E-state index in [9.17, 15) is 14.4 Å². The Kier molecular flexibility index (Phi) is 7.39. The van der Waals surface area contributed by atoms with Crippen molar-refractivity contribution >= 4 is 22.8 Å². The van der Waals surface area contributed by atoms with Crippen molar-refractivity contribution in [2.45, 2.75) is 19.5 Å². The number of fused-ring (bicyclic) bond motifs is 1. The number of amides is 1. The highest BCUT2D eigenvalue weighted by molar-refractivity contribution is 5.81. The van der Waals surface area contributed by atoms with Gasteiger partial charge in [0.2, 0.25) is 0 Å². The van der Waals surface area contributed by atoms with Crippen LogP contribution in [-0.4, -0.2) is 44.9 Å². The molecule has 3 aromatic carbocycles. The monoisotopic (exact) mass is 456 g/mol. The van der Waals surface area contributed by atoms with E-state index in [1.54, 1.807) is 29.2 Å². The van der Waals surface area contributed by atoms with Crippen molar-refractivity contribution in [3.63, 3.8) is 0 Å². The first-order valence-electron chi connectivity index (χ1n) is 10.9. The molecule has 172 valence electrons. The van der Waals surface area contributed by atoms with Gasteiger partial charge in [0, 0.05) is 13.1 Å². The lowest BCUT2D eigenvalue weighted by molar-refractivity contribution is -0.153. The van der Waals surface area contributed by atoms with E-state index >= 15 is 0 Å². The molecule has 0 radical (unpaired) electrons. The van der Waals surface area contributed by atoms with Gasteiger partial charge in [-0.1, -0.05) is 78.0 Å². The van der Waals surface area contributed by atoms with Gasteiger partial charge in [0.15, 0.2) is 6.61 Å². The topological polar surface area (TPSA) is 94.4 Å². The van der Waals surface area contributed by atoms with Crippen molar-refractivity contribution in [1.29, 1.82) is 0 Å². The molecule has 0 saturated heterocycles. The molecule has 4 rings (SSSR count).